The van der Waals surface area contributed by atoms with Crippen LogP contribution in [0.4, 0.5) is 0 Å². The minimum atomic E-state index is -0.953. The predicted octanol–water partition coefficient (Wildman–Crippen LogP) is 8.84. The second kappa shape index (κ2) is 12.2. The van der Waals surface area contributed by atoms with Crippen molar-refractivity contribution in [2.45, 2.75) is 13.5 Å². The lowest BCUT2D eigenvalue weighted by atomic mass is 10.0. The van der Waals surface area contributed by atoms with Crippen LogP contribution in [0.15, 0.2) is 97.2 Å². The Labute approximate surface area is 242 Å². The first-order valence-electron chi connectivity index (χ1n) is 12.8. The highest BCUT2D eigenvalue weighted by atomic mass is 35.5. The summed E-state index contributed by atoms with van der Waals surface area (Å²) < 4.78 is 7.55. The normalized spacial score (nSPS) is 11.2. The summed E-state index contributed by atoms with van der Waals surface area (Å²) >= 11 is 12.6. The van der Waals surface area contributed by atoms with E-state index < -0.39 is 5.97 Å². The highest BCUT2D eigenvalue weighted by Crippen LogP contribution is 2.30. The summed E-state index contributed by atoms with van der Waals surface area (Å²) in [5, 5.41) is 10.3. The van der Waals surface area contributed by atoms with E-state index in [1.165, 1.54) is 0 Å². The number of benzene rings is 4. The fourth-order valence-electron chi connectivity index (χ4n) is 4.33. The van der Waals surface area contributed by atoms with Crippen molar-refractivity contribution in [3.05, 3.63) is 130 Å². The number of halogens is 2. The number of hydrogen-bond acceptors (Lipinski definition) is 3. The number of hydrogen-bond donors (Lipinski definition) is 1. The molecule has 4 aromatic carbocycles. The van der Waals surface area contributed by atoms with Crippen molar-refractivity contribution >= 4 is 41.3 Å². The third-order valence-corrected chi connectivity index (χ3v) is 6.95. The minimum absolute atomic E-state index is 0.247. The summed E-state index contributed by atoms with van der Waals surface area (Å²) in [4.78, 5) is 16.1. The molecule has 5 nitrogen and oxygen atoms in total. The van der Waals surface area contributed by atoms with Crippen molar-refractivity contribution in [1.82, 2.24) is 9.55 Å². The number of carbonyl (C=O) groups is 1. The van der Waals surface area contributed by atoms with E-state index in [1.54, 1.807) is 24.3 Å². The van der Waals surface area contributed by atoms with Crippen LogP contribution in [-0.4, -0.2) is 27.2 Å². The van der Waals surface area contributed by atoms with Gasteiger partial charge in [-0.3, -0.25) is 0 Å². The molecule has 0 radical (unpaired) electrons. The van der Waals surface area contributed by atoms with Gasteiger partial charge in [-0.25, -0.2) is 9.78 Å². The molecule has 0 bridgehead atoms. The standard InChI is InChI=1S/C33H26Cl2N2O3/c1-2-40-28-15-12-25(13-16-28)24-8-3-22(4-9-24)7-18-32-36-31(29-17-14-27(34)19-30(29)35)21-37(32)20-23-5-10-26(11-6-23)33(38)39/h3-19,21H,2,20H2,1H3,(H,38,39). The van der Waals surface area contributed by atoms with Crippen molar-refractivity contribution < 1.29 is 14.6 Å². The molecule has 0 atom stereocenters. The topological polar surface area (TPSA) is 64.4 Å². The van der Waals surface area contributed by atoms with Gasteiger partial charge in [0, 0.05) is 23.3 Å². The number of rotatable bonds is 9. The Kier molecular flexibility index (Phi) is 8.34. The predicted molar refractivity (Wildman–Crippen MR) is 162 cm³/mol. The van der Waals surface area contributed by atoms with Gasteiger partial charge in [0.1, 0.15) is 11.6 Å². The lowest BCUT2D eigenvalue weighted by molar-refractivity contribution is 0.0697. The zero-order valence-electron chi connectivity index (χ0n) is 21.7. The van der Waals surface area contributed by atoms with Crippen LogP contribution >= 0.6 is 23.2 Å². The van der Waals surface area contributed by atoms with Crippen molar-refractivity contribution in [3.63, 3.8) is 0 Å². The molecule has 0 saturated carbocycles. The summed E-state index contributed by atoms with van der Waals surface area (Å²) in [5.41, 5.74) is 5.96. The second-order valence-corrected chi connectivity index (χ2v) is 9.99. The number of nitrogens with zero attached hydrogens (tertiary/aromatic N) is 2. The summed E-state index contributed by atoms with van der Waals surface area (Å²) in [6, 6.07) is 28.5. The van der Waals surface area contributed by atoms with E-state index in [4.69, 9.17) is 32.9 Å². The molecule has 1 heterocycles. The van der Waals surface area contributed by atoms with Crippen LogP contribution in [0.3, 0.4) is 0 Å². The molecule has 0 aliphatic rings. The van der Waals surface area contributed by atoms with Gasteiger partial charge in [0.15, 0.2) is 0 Å². The van der Waals surface area contributed by atoms with Gasteiger partial charge in [-0.1, -0.05) is 77.8 Å². The minimum Gasteiger partial charge on any atom is -0.494 e. The lowest BCUT2D eigenvalue weighted by Crippen LogP contribution is -2.02. The van der Waals surface area contributed by atoms with Gasteiger partial charge in [0.25, 0.3) is 0 Å². The van der Waals surface area contributed by atoms with Crippen molar-refractivity contribution in [2.75, 3.05) is 6.61 Å². The Morgan fingerprint density at radius 1 is 0.900 bits per heavy atom. The molecular formula is C33H26Cl2N2O3. The number of carboxylic acid groups (broad SMARTS) is 1. The lowest BCUT2D eigenvalue weighted by Gasteiger charge is -2.07. The number of ether oxygens (including phenoxy) is 1. The average molecular weight is 569 g/mol. The SMILES string of the molecule is CCOc1ccc(-c2ccc(C=Cc3nc(-c4ccc(Cl)cc4Cl)cn3Cc3ccc(C(=O)O)cc3)cc2)cc1. The molecule has 0 saturated heterocycles. The highest BCUT2D eigenvalue weighted by molar-refractivity contribution is 6.36. The van der Waals surface area contributed by atoms with E-state index in [-0.39, 0.29) is 5.56 Å². The molecular weight excluding hydrogens is 543 g/mol. The van der Waals surface area contributed by atoms with E-state index >= 15 is 0 Å². The monoisotopic (exact) mass is 568 g/mol. The average Bonchev–Trinajstić information content (AvgIpc) is 3.35. The molecule has 40 heavy (non-hydrogen) atoms. The summed E-state index contributed by atoms with van der Waals surface area (Å²) in [6.07, 6.45) is 5.92. The molecule has 0 aliphatic carbocycles. The molecule has 5 rings (SSSR count). The zero-order valence-corrected chi connectivity index (χ0v) is 23.2. The first kappa shape index (κ1) is 27.3. The van der Waals surface area contributed by atoms with Crippen LogP contribution in [0, 0.1) is 0 Å². The smallest absolute Gasteiger partial charge is 0.335 e. The van der Waals surface area contributed by atoms with E-state index in [0.29, 0.717) is 28.9 Å². The summed E-state index contributed by atoms with van der Waals surface area (Å²) in [6.45, 7) is 3.12. The number of aromatic carboxylic acids is 1. The Balaban J connectivity index is 1.42. The molecule has 0 spiro atoms. The molecule has 200 valence electrons. The van der Waals surface area contributed by atoms with Crippen molar-refractivity contribution in [3.8, 4) is 28.1 Å². The molecule has 5 aromatic rings. The maximum atomic E-state index is 11.2. The molecule has 1 aromatic heterocycles. The molecule has 7 heteroatoms. The quantitative estimate of drug-likeness (QED) is 0.193. The van der Waals surface area contributed by atoms with Crippen LogP contribution in [0.1, 0.15) is 34.2 Å². The fourth-order valence-corrected chi connectivity index (χ4v) is 4.84. The Hall–Kier alpha value is -4.32. The van der Waals surface area contributed by atoms with Gasteiger partial charge >= 0.3 is 5.97 Å². The molecule has 0 amide bonds. The van der Waals surface area contributed by atoms with Gasteiger partial charge in [-0.15, -0.1) is 0 Å². The zero-order chi connectivity index (χ0) is 28.1. The van der Waals surface area contributed by atoms with Gasteiger partial charge in [-0.05, 0) is 77.7 Å². The van der Waals surface area contributed by atoms with E-state index in [2.05, 4.69) is 36.4 Å². The van der Waals surface area contributed by atoms with Crippen molar-refractivity contribution in [1.29, 1.82) is 0 Å². The Bertz CT molecular complexity index is 1660. The van der Waals surface area contributed by atoms with E-state index in [1.807, 2.05) is 60.2 Å². The van der Waals surface area contributed by atoms with Gasteiger partial charge in [-0.2, -0.15) is 0 Å². The van der Waals surface area contributed by atoms with Crippen molar-refractivity contribution in [2.24, 2.45) is 0 Å². The maximum absolute atomic E-state index is 11.2. The first-order valence-corrected chi connectivity index (χ1v) is 13.5. The Morgan fingerprint density at radius 2 is 1.57 bits per heavy atom. The van der Waals surface area contributed by atoms with Gasteiger partial charge < -0.3 is 14.4 Å². The van der Waals surface area contributed by atoms with Crippen LogP contribution in [-0.2, 0) is 6.54 Å². The van der Waals surface area contributed by atoms with E-state index in [9.17, 15) is 9.90 Å². The third kappa shape index (κ3) is 6.45. The largest absolute Gasteiger partial charge is 0.494 e. The summed E-state index contributed by atoms with van der Waals surface area (Å²) in [7, 11) is 0. The van der Waals surface area contributed by atoms with Gasteiger partial charge in [0.2, 0.25) is 0 Å². The number of aromatic nitrogens is 2. The Morgan fingerprint density at radius 3 is 2.20 bits per heavy atom. The van der Waals surface area contributed by atoms with Crippen LogP contribution in [0.2, 0.25) is 10.0 Å². The van der Waals surface area contributed by atoms with Crippen LogP contribution < -0.4 is 4.74 Å². The first-order chi connectivity index (χ1) is 19.4. The van der Waals surface area contributed by atoms with E-state index in [0.717, 1.165) is 39.4 Å². The molecule has 0 unspecified atom stereocenters. The molecule has 1 N–H and O–H groups in total. The van der Waals surface area contributed by atoms with Gasteiger partial charge in [0.05, 0.1) is 22.9 Å². The number of imidazole rings is 1. The maximum Gasteiger partial charge on any atom is 0.335 e. The third-order valence-electron chi connectivity index (χ3n) is 6.40. The second-order valence-electron chi connectivity index (χ2n) is 9.15. The molecule has 0 aliphatic heterocycles. The highest BCUT2D eigenvalue weighted by Gasteiger charge is 2.12. The molecule has 0 fully saturated rings. The fraction of sp³-hybridized carbons (Fsp3) is 0.0909. The summed E-state index contributed by atoms with van der Waals surface area (Å²) in [5.74, 6) is 0.642. The number of carboxylic acids is 1. The van der Waals surface area contributed by atoms with Crippen LogP contribution in [0.5, 0.6) is 5.75 Å². The van der Waals surface area contributed by atoms with Crippen LogP contribution in [0.25, 0.3) is 34.5 Å².